The minimum absolute atomic E-state index is 0.0758. The van der Waals surface area contributed by atoms with Crippen LogP contribution in [0.5, 0.6) is 0 Å². The lowest BCUT2D eigenvalue weighted by Crippen LogP contribution is -2.36. The molecule has 5 nitrogen and oxygen atoms in total. The molecule has 0 bridgehead atoms. The van der Waals surface area contributed by atoms with Crippen LogP contribution in [0.4, 0.5) is 11.4 Å². The number of amides is 2. The van der Waals surface area contributed by atoms with Crippen LogP contribution in [0.2, 0.25) is 0 Å². The van der Waals surface area contributed by atoms with Gasteiger partial charge >= 0.3 is 0 Å². The largest absolute Gasteiger partial charge is 0.397 e. The first-order valence-corrected chi connectivity index (χ1v) is 7.54. The lowest BCUT2D eigenvalue weighted by molar-refractivity contribution is -0.128. The quantitative estimate of drug-likeness (QED) is 0.726. The van der Waals surface area contributed by atoms with E-state index in [9.17, 15) is 9.59 Å². The molecule has 4 N–H and O–H groups in total. The summed E-state index contributed by atoms with van der Waals surface area (Å²) in [6.07, 6.45) is 0.201. The van der Waals surface area contributed by atoms with Crippen molar-refractivity contribution >= 4 is 39.1 Å². The fourth-order valence-corrected chi connectivity index (χ4v) is 2.20. The van der Waals surface area contributed by atoms with Gasteiger partial charge in [0, 0.05) is 22.9 Å². The van der Waals surface area contributed by atoms with Crippen LogP contribution >= 0.6 is 15.9 Å². The number of hydrogen-bond acceptors (Lipinski definition) is 3. The summed E-state index contributed by atoms with van der Waals surface area (Å²) in [5.41, 5.74) is 7.49. The minimum Gasteiger partial charge on any atom is -0.397 e. The molecule has 2 amide bonds. The number of anilines is 2. The number of hydrogen-bond donors (Lipinski definition) is 3. The van der Waals surface area contributed by atoms with E-state index < -0.39 is 5.41 Å². The molecule has 0 fully saturated rings. The van der Waals surface area contributed by atoms with Gasteiger partial charge in [-0.2, -0.15) is 0 Å². The number of nitrogen functional groups attached to an aromatic ring is 1. The molecule has 0 aliphatic rings. The van der Waals surface area contributed by atoms with E-state index in [1.54, 1.807) is 6.07 Å². The first-order chi connectivity index (χ1) is 9.61. The second-order valence-electron chi connectivity index (χ2n) is 5.99. The molecule has 0 heterocycles. The maximum atomic E-state index is 11.9. The maximum absolute atomic E-state index is 11.9. The molecule has 1 aromatic rings. The number of nitrogens with two attached hydrogens (primary N) is 1. The van der Waals surface area contributed by atoms with Crippen LogP contribution in [0.25, 0.3) is 0 Å². The summed E-state index contributed by atoms with van der Waals surface area (Å²) in [5.74, 6) is -0.262. The van der Waals surface area contributed by atoms with Gasteiger partial charge < -0.3 is 16.4 Å². The Morgan fingerprint density at radius 3 is 2.48 bits per heavy atom. The van der Waals surface area contributed by atoms with E-state index in [0.717, 1.165) is 10.0 Å². The van der Waals surface area contributed by atoms with Gasteiger partial charge in [-0.1, -0.05) is 36.7 Å². The van der Waals surface area contributed by atoms with Gasteiger partial charge in [-0.05, 0) is 24.6 Å². The molecule has 0 saturated carbocycles. The third-order valence-electron chi connectivity index (χ3n) is 2.94. The van der Waals surface area contributed by atoms with Crippen LogP contribution in [-0.2, 0) is 9.59 Å². The molecule has 0 spiro atoms. The first kappa shape index (κ1) is 17.5. The number of carbonyl (C=O) groups is 2. The lowest BCUT2D eigenvalue weighted by Gasteiger charge is -2.17. The van der Waals surface area contributed by atoms with Crippen molar-refractivity contribution in [2.24, 2.45) is 5.41 Å². The van der Waals surface area contributed by atoms with Gasteiger partial charge in [0.05, 0.1) is 11.4 Å². The summed E-state index contributed by atoms with van der Waals surface area (Å²) in [7, 11) is 0. The molecule has 1 rings (SSSR count). The summed E-state index contributed by atoms with van der Waals surface area (Å²) in [6, 6.07) is 3.64. The number of rotatable bonds is 4. The molecule has 6 heteroatoms. The number of nitrogens with one attached hydrogen (secondary N) is 2. The van der Waals surface area contributed by atoms with E-state index in [1.165, 1.54) is 0 Å². The fraction of sp³-hybridized carbons (Fsp3) is 0.467. The Balaban J connectivity index is 2.54. The molecule has 1 aromatic carbocycles. The van der Waals surface area contributed by atoms with Gasteiger partial charge in [0.25, 0.3) is 0 Å². The Bertz CT molecular complexity index is 551. The maximum Gasteiger partial charge on any atom is 0.226 e. The minimum atomic E-state index is -0.456. The normalized spacial score (nSPS) is 11.1. The van der Waals surface area contributed by atoms with E-state index in [4.69, 9.17) is 5.73 Å². The van der Waals surface area contributed by atoms with Crippen molar-refractivity contribution in [2.75, 3.05) is 17.6 Å². The summed E-state index contributed by atoms with van der Waals surface area (Å²) in [4.78, 5) is 23.6. The summed E-state index contributed by atoms with van der Waals surface area (Å²) in [6.45, 7) is 7.66. The van der Waals surface area contributed by atoms with Crippen molar-refractivity contribution in [1.82, 2.24) is 5.32 Å². The molecule has 0 radical (unpaired) electrons. The summed E-state index contributed by atoms with van der Waals surface area (Å²) >= 11 is 3.37. The van der Waals surface area contributed by atoms with Gasteiger partial charge in [-0.25, -0.2) is 0 Å². The second kappa shape index (κ2) is 6.93. The van der Waals surface area contributed by atoms with E-state index >= 15 is 0 Å². The van der Waals surface area contributed by atoms with Crippen LogP contribution in [0.1, 0.15) is 32.8 Å². The fourth-order valence-electron chi connectivity index (χ4n) is 1.63. The van der Waals surface area contributed by atoms with Gasteiger partial charge in [-0.15, -0.1) is 0 Å². The van der Waals surface area contributed by atoms with Gasteiger partial charge in [0.2, 0.25) is 11.8 Å². The van der Waals surface area contributed by atoms with E-state index in [1.807, 2.05) is 33.8 Å². The zero-order valence-electron chi connectivity index (χ0n) is 12.8. The Hall–Kier alpha value is -1.56. The van der Waals surface area contributed by atoms with E-state index in [-0.39, 0.29) is 18.2 Å². The molecule has 21 heavy (non-hydrogen) atoms. The molecule has 0 aliphatic carbocycles. The molecule has 0 atom stereocenters. The van der Waals surface area contributed by atoms with Crippen molar-refractivity contribution in [1.29, 1.82) is 0 Å². The Labute approximate surface area is 133 Å². The highest BCUT2D eigenvalue weighted by Gasteiger charge is 2.20. The number of carbonyl (C=O) groups excluding carboxylic acids is 2. The number of benzene rings is 1. The third kappa shape index (κ3) is 5.38. The second-order valence-corrected chi connectivity index (χ2v) is 6.90. The van der Waals surface area contributed by atoms with Gasteiger partial charge in [0.15, 0.2) is 0 Å². The molecule has 0 aliphatic heterocycles. The van der Waals surface area contributed by atoms with Crippen LogP contribution in [0, 0.1) is 12.3 Å². The zero-order valence-corrected chi connectivity index (χ0v) is 14.4. The van der Waals surface area contributed by atoms with Crippen molar-refractivity contribution in [3.8, 4) is 0 Å². The molecule has 0 aromatic heterocycles. The van der Waals surface area contributed by atoms with Gasteiger partial charge in [-0.3, -0.25) is 9.59 Å². The van der Waals surface area contributed by atoms with Crippen molar-refractivity contribution < 1.29 is 9.59 Å². The first-order valence-electron chi connectivity index (χ1n) is 6.75. The highest BCUT2D eigenvalue weighted by Crippen LogP contribution is 2.27. The predicted molar refractivity (Wildman–Crippen MR) is 89.0 cm³/mol. The average Bonchev–Trinajstić information content (AvgIpc) is 2.34. The predicted octanol–water partition coefficient (Wildman–Crippen LogP) is 2.83. The summed E-state index contributed by atoms with van der Waals surface area (Å²) < 4.78 is 0.852. The zero-order chi connectivity index (χ0) is 16.2. The smallest absolute Gasteiger partial charge is 0.226 e. The average molecular weight is 356 g/mol. The molecular formula is C15H22BrN3O2. The van der Waals surface area contributed by atoms with Crippen molar-refractivity contribution in [3.63, 3.8) is 0 Å². The van der Waals surface area contributed by atoms with E-state index in [0.29, 0.717) is 17.9 Å². The van der Waals surface area contributed by atoms with Crippen molar-refractivity contribution in [2.45, 2.75) is 34.1 Å². The van der Waals surface area contributed by atoms with Crippen molar-refractivity contribution in [3.05, 3.63) is 22.2 Å². The van der Waals surface area contributed by atoms with E-state index in [2.05, 4.69) is 26.6 Å². The Morgan fingerprint density at radius 2 is 1.90 bits per heavy atom. The van der Waals surface area contributed by atoms with Crippen LogP contribution in [0.3, 0.4) is 0 Å². The summed E-state index contributed by atoms with van der Waals surface area (Å²) in [5, 5.41) is 5.50. The van der Waals surface area contributed by atoms with Crippen LogP contribution in [0.15, 0.2) is 16.6 Å². The van der Waals surface area contributed by atoms with Crippen LogP contribution < -0.4 is 16.4 Å². The van der Waals surface area contributed by atoms with Gasteiger partial charge in [0.1, 0.15) is 0 Å². The Kier molecular flexibility index (Phi) is 5.78. The molecule has 0 saturated heterocycles. The lowest BCUT2D eigenvalue weighted by atomic mass is 9.96. The molecule has 116 valence electrons. The number of aryl methyl sites for hydroxylation is 1. The standard InChI is InChI=1S/C15H22BrN3O2/c1-9-7-10(16)8-11(13(9)17)19-12(20)5-6-18-14(21)15(2,3)4/h7-8H,5-6,17H2,1-4H3,(H,18,21)(H,19,20). The topological polar surface area (TPSA) is 84.2 Å². The monoisotopic (exact) mass is 355 g/mol. The molecular weight excluding hydrogens is 334 g/mol. The number of halogens is 1. The highest BCUT2D eigenvalue weighted by molar-refractivity contribution is 9.10. The Morgan fingerprint density at radius 1 is 1.29 bits per heavy atom. The molecule has 0 unspecified atom stereocenters. The third-order valence-corrected chi connectivity index (χ3v) is 3.40. The van der Waals surface area contributed by atoms with Crippen LogP contribution in [-0.4, -0.2) is 18.4 Å². The highest BCUT2D eigenvalue weighted by atomic mass is 79.9. The SMILES string of the molecule is Cc1cc(Br)cc(NC(=O)CCNC(=O)C(C)(C)C)c1N.